The van der Waals surface area contributed by atoms with Gasteiger partial charge in [-0.25, -0.2) is 0 Å². The minimum Gasteiger partial charge on any atom is -0.383 e. The molecule has 3 N–H and O–H groups in total. The molecule has 90 valence electrons. The van der Waals surface area contributed by atoms with Crippen LogP contribution in [0, 0.1) is 0 Å². The number of rotatable bonds is 8. The number of amides is 1. The number of carbonyl (C=O) groups is 1. The van der Waals surface area contributed by atoms with E-state index in [1.165, 1.54) is 7.11 Å². The van der Waals surface area contributed by atoms with Gasteiger partial charge in [-0.2, -0.15) is 0 Å². The van der Waals surface area contributed by atoms with Crippen molar-refractivity contribution in [3.63, 3.8) is 0 Å². The number of hydrogen-bond donors (Lipinski definition) is 2. The number of nitrogens with two attached hydrogens (primary N) is 1. The van der Waals surface area contributed by atoms with Gasteiger partial charge in [0.15, 0.2) is 0 Å². The van der Waals surface area contributed by atoms with Gasteiger partial charge < -0.3 is 20.5 Å². The summed E-state index contributed by atoms with van der Waals surface area (Å²) in [5, 5.41) is 2.72. The predicted molar refractivity (Wildman–Crippen MR) is 58.6 cm³/mol. The quantitative estimate of drug-likeness (QED) is 0.558. The SMILES string of the molecule is COCC(N)C(=O)NCCCOC(C)C. The van der Waals surface area contributed by atoms with E-state index >= 15 is 0 Å². The Hall–Kier alpha value is -0.650. The first-order valence-corrected chi connectivity index (χ1v) is 5.21. The first-order chi connectivity index (χ1) is 7.07. The molecule has 0 saturated carbocycles. The Morgan fingerprint density at radius 3 is 2.67 bits per heavy atom. The maximum absolute atomic E-state index is 11.3. The van der Waals surface area contributed by atoms with Gasteiger partial charge in [0.1, 0.15) is 6.04 Å². The molecular formula is C10H22N2O3. The number of methoxy groups -OCH3 is 1. The molecule has 1 unspecified atom stereocenters. The van der Waals surface area contributed by atoms with Gasteiger partial charge in [-0.1, -0.05) is 0 Å². The molecule has 0 aromatic rings. The molecule has 0 aromatic heterocycles. The minimum atomic E-state index is -0.582. The van der Waals surface area contributed by atoms with Crippen molar-refractivity contribution < 1.29 is 14.3 Å². The minimum absolute atomic E-state index is 0.179. The van der Waals surface area contributed by atoms with Crippen LogP contribution in [0.3, 0.4) is 0 Å². The summed E-state index contributed by atoms with van der Waals surface area (Å²) in [6, 6.07) is -0.582. The Bertz CT molecular complexity index is 174. The number of hydrogen-bond acceptors (Lipinski definition) is 4. The van der Waals surface area contributed by atoms with Crippen LogP contribution in [0.5, 0.6) is 0 Å². The zero-order chi connectivity index (χ0) is 11.7. The Morgan fingerprint density at radius 2 is 2.13 bits per heavy atom. The summed E-state index contributed by atoms with van der Waals surface area (Å²) >= 11 is 0. The first kappa shape index (κ1) is 14.3. The molecule has 0 spiro atoms. The second-order valence-corrected chi connectivity index (χ2v) is 3.63. The summed E-state index contributed by atoms with van der Waals surface area (Å²) in [7, 11) is 1.52. The van der Waals surface area contributed by atoms with Gasteiger partial charge in [0.25, 0.3) is 0 Å². The number of nitrogens with one attached hydrogen (secondary N) is 1. The van der Waals surface area contributed by atoms with Crippen LogP contribution >= 0.6 is 0 Å². The van der Waals surface area contributed by atoms with Crippen LogP contribution in [0.2, 0.25) is 0 Å². The van der Waals surface area contributed by atoms with E-state index in [-0.39, 0.29) is 18.6 Å². The van der Waals surface area contributed by atoms with Crippen molar-refractivity contribution >= 4 is 5.91 Å². The van der Waals surface area contributed by atoms with Gasteiger partial charge in [0.05, 0.1) is 12.7 Å². The molecule has 0 rings (SSSR count). The lowest BCUT2D eigenvalue weighted by molar-refractivity contribution is -0.123. The molecular weight excluding hydrogens is 196 g/mol. The monoisotopic (exact) mass is 218 g/mol. The van der Waals surface area contributed by atoms with E-state index in [9.17, 15) is 4.79 Å². The fraction of sp³-hybridized carbons (Fsp3) is 0.900. The van der Waals surface area contributed by atoms with Crippen LogP contribution in [-0.2, 0) is 14.3 Å². The molecule has 0 aromatic carbocycles. The third kappa shape index (κ3) is 8.35. The Labute approximate surface area is 91.3 Å². The highest BCUT2D eigenvalue weighted by atomic mass is 16.5. The van der Waals surface area contributed by atoms with Crippen LogP contribution in [0.1, 0.15) is 20.3 Å². The molecule has 15 heavy (non-hydrogen) atoms. The molecule has 0 radical (unpaired) electrons. The molecule has 5 nitrogen and oxygen atoms in total. The maximum atomic E-state index is 11.3. The van der Waals surface area contributed by atoms with Gasteiger partial charge in [0.2, 0.25) is 5.91 Å². The van der Waals surface area contributed by atoms with E-state index in [0.29, 0.717) is 13.2 Å². The van der Waals surface area contributed by atoms with E-state index in [1.54, 1.807) is 0 Å². The van der Waals surface area contributed by atoms with Crippen molar-refractivity contribution in [3.05, 3.63) is 0 Å². The molecule has 0 bridgehead atoms. The average molecular weight is 218 g/mol. The zero-order valence-electron chi connectivity index (χ0n) is 9.79. The molecule has 0 fully saturated rings. The fourth-order valence-corrected chi connectivity index (χ4v) is 0.989. The van der Waals surface area contributed by atoms with E-state index in [4.69, 9.17) is 15.2 Å². The zero-order valence-corrected chi connectivity index (χ0v) is 9.79. The Kier molecular flexibility index (Phi) is 8.27. The molecule has 0 aliphatic carbocycles. The van der Waals surface area contributed by atoms with Gasteiger partial charge in [0, 0.05) is 20.3 Å². The first-order valence-electron chi connectivity index (χ1n) is 5.21. The van der Waals surface area contributed by atoms with E-state index in [1.807, 2.05) is 13.8 Å². The average Bonchev–Trinajstić information content (AvgIpc) is 2.16. The second-order valence-electron chi connectivity index (χ2n) is 3.63. The molecule has 5 heteroatoms. The van der Waals surface area contributed by atoms with Crippen molar-refractivity contribution in [2.75, 3.05) is 26.9 Å². The highest BCUT2D eigenvalue weighted by molar-refractivity contribution is 5.81. The van der Waals surface area contributed by atoms with E-state index in [0.717, 1.165) is 6.42 Å². The lowest BCUT2D eigenvalue weighted by atomic mass is 10.3. The van der Waals surface area contributed by atoms with Crippen LogP contribution in [-0.4, -0.2) is 44.9 Å². The summed E-state index contributed by atoms with van der Waals surface area (Å²) in [6.45, 7) is 5.44. The summed E-state index contributed by atoms with van der Waals surface area (Å²) in [6.07, 6.45) is 1.03. The lowest BCUT2D eigenvalue weighted by Gasteiger charge is -2.11. The molecule has 1 atom stereocenters. The van der Waals surface area contributed by atoms with Gasteiger partial charge in [-0.15, -0.1) is 0 Å². The molecule has 1 amide bonds. The Morgan fingerprint density at radius 1 is 1.47 bits per heavy atom. The highest BCUT2D eigenvalue weighted by Gasteiger charge is 2.11. The second kappa shape index (κ2) is 8.64. The van der Waals surface area contributed by atoms with Crippen LogP contribution < -0.4 is 11.1 Å². The topological polar surface area (TPSA) is 73.6 Å². The van der Waals surface area contributed by atoms with Gasteiger partial charge >= 0.3 is 0 Å². The number of ether oxygens (including phenoxy) is 2. The third-order valence-corrected chi connectivity index (χ3v) is 1.75. The van der Waals surface area contributed by atoms with Crippen molar-refractivity contribution in [3.8, 4) is 0 Å². The molecule has 0 saturated heterocycles. The summed E-state index contributed by atoms with van der Waals surface area (Å²) in [5.41, 5.74) is 5.52. The third-order valence-electron chi connectivity index (χ3n) is 1.75. The van der Waals surface area contributed by atoms with Crippen LogP contribution in [0.25, 0.3) is 0 Å². The number of carbonyl (C=O) groups excluding carboxylic acids is 1. The lowest BCUT2D eigenvalue weighted by Crippen LogP contribution is -2.43. The summed E-state index contributed by atoms with van der Waals surface area (Å²) in [5.74, 6) is -0.179. The van der Waals surface area contributed by atoms with Crippen molar-refractivity contribution in [1.29, 1.82) is 0 Å². The normalized spacial score (nSPS) is 12.9. The predicted octanol–water partition coefficient (Wildman–Crippen LogP) is -0.109. The molecule has 0 heterocycles. The van der Waals surface area contributed by atoms with Gasteiger partial charge in [-0.05, 0) is 20.3 Å². The van der Waals surface area contributed by atoms with Crippen LogP contribution in [0.15, 0.2) is 0 Å². The van der Waals surface area contributed by atoms with Crippen molar-refractivity contribution in [2.24, 2.45) is 5.73 Å². The standard InChI is InChI=1S/C10H22N2O3/c1-8(2)15-6-4-5-12-10(13)9(11)7-14-3/h8-9H,4-7,11H2,1-3H3,(H,12,13). The maximum Gasteiger partial charge on any atom is 0.239 e. The smallest absolute Gasteiger partial charge is 0.239 e. The van der Waals surface area contributed by atoms with Gasteiger partial charge in [-0.3, -0.25) is 4.79 Å². The van der Waals surface area contributed by atoms with Crippen molar-refractivity contribution in [1.82, 2.24) is 5.32 Å². The Balaban J connectivity index is 3.38. The van der Waals surface area contributed by atoms with E-state index in [2.05, 4.69) is 5.32 Å². The molecule has 0 aliphatic heterocycles. The molecule has 0 aliphatic rings. The fourth-order valence-electron chi connectivity index (χ4n) is 0.989. The largest absolute Gasteiger partial charge is 0.383 e. The van der Waals surface area contributed by atoms with Crippen LogP contribution in [0.4, 0.5) is 0 Å². The highest BCUT2D eigenvalue weighted by Crippen LogP contribution is 1.89. The summed E-state index contributed by atoms with van der Waals surface area (Å²) in [4.78, 5) is 11.3. The van der Waals surface area contributed by atoms with Crippen molar-refractivity contribution in [2.45, 2.75) is 32.4 Å². The summed E-state index contributed by atoms with van der Waals surface area (Å²) < 4.78 is 10.1. The van der Waals surface area contributed by atoms with E-state index < -0.39 is 6.04 Å².